The fraction of sp³-hybridized carbons (Fsp3) is 0.0500. The minimum absolute atomic E-state index is 0.0256. The summed E-state index contributed by atoms with van der Waals surface area (Å²) in [7, 11) is 0. The molecule has 0 aliphatic carbocycles. The van der Waals surface area contributed by atoms with E-state index in [1.807, 2.05) is 12.1 Å². The number of hydrogen-bond acceptors (Lipinski definition) is 5. The van der Waals surface area contributed by atoms with E-state index in [2.05, 4.69) is 20.5 Å². The van der Waals surface area contributed by atoms with Gasteiger partial charge in [-0.2, -0.15) is 14.9 Å². The van der Waals surface area contributed by atoms with Crippen LogP contribution in [0.25, 0.3) is 5.69 Å². The first-order chi connectivity index (χ1) is 14.1. The molecule has 3 aromatic heterocycles. The minimum Gasteiger partial charge on any atom is -0.304 e. The number of nitrogens with one attached hydrogen (secondary N) is 1. The second-order valence-corrected chi connectivity index (χ2v) is 6.15. The molecule has 0 spiro atoms. The molecule has 1 N–H and O–H groups in total. The second-order valence-electron chi connectivity index (χ2n) is 6.15. The Kier molecular flexibility index (Phi) is 4.93. The van der Waals surface area contributed by atoms with Gasteiger partial charge in [-0.05, 0) is 48.0 Å². The molecule has 4 rings (SSSR count). The minimum atomic E-state index is -0.518. The fourth-order valence-electron chi connectivity index (χ4n) is 2.67. The summed E-state index contributed by atoms with van der Waals surface area (Å²) in [4.78, 5) is 28.6. The van der Waals surface area contributed by atoms with Crippen LogP contribution in [0.15, 0.2) is 78.0 Å². The second kappa shape index (κ2) is 7.85. The van der Waals surface area contributed by atoms with Crippen molar-refractivity contribution in [3.05, 3.63) is 101 Å². The van der Waals surface area contributed by atoms with Gasteiger partial charge < -0.3 is 5.32 Å². The van der Waals surface area contributed by atoms with E-state index >= 15 is 0 Å². The van der Waals surface area contributed by atoms with Crippen molar-refractivity contribution in [3.63, 3.8) is 0 Å². The van der Waals surface area contributed by atoms with Crippen LogP contribution < -0.4 is 10.9 Å². The van der Waals surface area contributed by atoms with Crippen LogP contribution in [0, 0.1) is 5.82 Å². The van der Waals surface area contributed by atoms with Gasteiger partial charge in [-0.1, -0.05) is 0 Å². The number of rotatable bonds is 5. The molecule has 0 bridgehead atoms. The van der Waals surface area contributed by atoms with Crippen LogP contribution in [0.5, 0.6) is 0 Å². The standard InChI is InChI=1S/C20H15FN6O2/c21-15-1-3-16(4-2-15)27-19(28)6-5-17(24-27)20(29)23-18-9-12-26(25-18)13-14-7-10-22-11-8-14/h1-12H,13H2,(H,23,25,29). The van der Waals surface area contributed by atoms with E-state index in [0.29, 0.717) is 18.1 Å². The highest BCUT2D eigenvalue weighted by Gasteiger charge is 2.12. The number of hydrogen-bond donors (Lipinski definition) is 1. The molecule has 0 saturated heterocycles. The maximum atomic E-state index is 13.1. The summed E-state index contributed by atoms with van der Waals surface area (Å²) >= 11 is 0. The molecule has 0 aliphatic rings. The highest BCUT2D eigenvalue weighted by atomic mass is 19.1. The molecular weight excluding hydrogens is 375 g/mol. The van der Waals surface area contributed by atoms with Gasteiger partial charge >= 0.3 is 0 Å². The van der Waals surface area contributed by atoms with Crippen molar-refractivity contribution in [3.8, 4) is 5.69 Å². The Morgan fingerprint density at radius 3 is 2.48 bits per heavy atom. The zero-order valence-electron chi connectivity index (χ0n) is 15.1. The largest absolute Gasteiger partial charge is 0.304 e. The molecule has 0 atom stereocenters. The molecule has 4 aromatic rings. The average Bonchev–Trinajstić information content (AvgIpc) is 3.16. The van der Waals surface area contributed by atoms with Gasteiger partial charge in [0.2, 0.25) is 0 Å². The van der Waals surface area contributed by atoms with E-state index in [9.17, 15) is 14.0 Å². The Labute approximate surface area is 164 Å². The Bertz CT molecular complexity index is 1200. The van der Waals surface area contributed by atoms with Crippen LogP contribution >= 0.6 is 0 Å². The molecular formula is C20H15FN6O2. The van der Waals surface area contributed by atoms with E-state index in [1.54, 1.807) is 29.3 Å². The van der Waals surface area contributed by atoms with E-state index in [4.69, 9.17) is 0 Å². The maximum absolute atomic E-state index is 13.1. The first-order valence-corrected chi connectivity index (χ1v) is 8.68. The molecule has 29 heavy (non-hydrogen) atoms. The number of amides is 1. The lowest BCUT2D eigenvalue weighted by Gasteiger charge is -2.07. The molecule has 144 valence electrons. The quantitative estimate of drug-likeness (QED) is 0.564. The van der Waals surface area contributed by atoms with E-state index in [1.165, 1.54) is 36.4 Å². The number of aromatic nitrogens is 5. The van der Waals surface area contributed by atoms with Crippen molar-refractivity contribution < 1.29 is 9.18 Å². The van der Waals surface area contributed by atoms with Crippen LogP contribution in [0.2, 0.25) is 0 Å². The molecule has 0 saturated carbocycles. The van der Waals surface area contributed by atoms with Crippen LogP contribution in [0.3, 0.4) is 0 Å². The molecule has 3 heterocycles. The molecule has 0 radical (unpaired) electrons. The Morgan fingerprint density at radius 2 is 1.72 bits per heavy atom. The number of carbonyl (C=O) groups excluding carboxylic acids is 1. The monoisotopic (exact) mass is 390 g/mol. The Morgan fingerprint density at radius 1 is 0.966 bits per heavy atom. The lowest BCUT2D eigenvalue weighted by molar-refractivity contribution is 0.102. The predicted molar refractivity (Wildman–Crippen MR) is 103 cm³/mol. The van der Waals surface area contributed by atoms with Crippen molar-refractivity contribution in [2.24, 2.45) is 0 Å². The topological polar surface area (TPSA) is 94.7 Å². The predicted octanol–water partition coefficient (Wildman–Crippen LogP) is 2.26. The van der Waals surface area contributed by atoms with Crippen LogP contribution in [0.1, 0.15) is 16.1 Å². The number of benzene rings is 1. The van der Waals surface area contributed by atoms with Crippen molar-refractivity contribution in [2.45, 2.75) is 6.54 Å². The first-order valence-electron chi connectivity index (χ1n) is 8.68. The van der Waals surface area contributed by atoms with Crippen molar-refractivity contribution in [1.82, 2.24) is 24.5 Å². The van der Waals surface area contributed by atoms with Crippen molar-refractivity contribution in [2.75, 3.05) is 5.32 Å². The first kappa shape index (κ1) is 18.2. The average molecular weight is 390 g/mol. The lowest BCUT2D eigenvalue weighted by Crippen LogP contribution is -2.25. The molecule has 1 amide bonds. The summed E-state index contributed by atoms with van der Waals surface area (Å²) in [6, 6.07) is 13.2. The van der Waals surface area contributed by atoms with Gasteiger partial charge in [-0.25, -0.2) is 4.39 Å². The Balaban J connectivity index is 1.51. The van der Waals surface area contributed by atoms with Crippen LogP contribution in [-0.2, 0) is 6.54 Å². The third-order valence-corrected chi connectivity index (χ3v) is 4.08. The summed E-state index contributed by atoms with van der Waals surface area (Å²) in [5.41, 5.74) is 0.967. The number of anilines is 1. The van der Waals surface area contributed by atoms with Crippen molar-refractivity contribution in [1.29, 1.82) is 0 Å². The fourth-order valence-corrected chi connectivity index (χ4v) is 2.67. The maximum Gasteiger partial charge on any atom is 0.277 e. The summed E-state index contributed by atoms with van der Waals surface area (Å²) in [5.74, 6) is -0.599. The van der Waals surface area contributed by atoms with Crippen molar-refractivity contribution >= 4 is 11.7 Å². The number of pyridine rings is 1. The molecule has 8 nitrogen and oxygen atoms in total. The van der Waals surface area contributed by atoms with E-state index in [0.717, 1.165) is 10.2 Å². The van der Waals surface area contributed by atoms with Gasteiger partial charge in [0, 0.05) is 30.7 Å². The van der Waals surface area contributed by atoms with Gasteiger partial charge in [0.15, 0.2) is 5.82 Å². The molecule has 9 heteroatoms. The third kappa shape index (κ3) is 4.24. The number of halogens is 1. The molecule has 1 aromatic carbocycles. The zero-order valence-corrected chi connectivity index (χ0v) is 15.1. The number of nitrogens with zero attached hydrogens (tertiary/aromatic N) is 5. The summed E-state index contributed by atoms with van der Waals surface area (Å²) in [6.07, 6.45) is 5.13. The van der Waals surface area contributed by atoms with Gasteiger partial charge in [0.25, 0.3) is 11.5 Å². The number of carbonyl (C=O) groups is 1. The molecule has 0 aliphatic heterocycles. The van der Waals surface area contributed by atoms with E-state index < -0.39 is 17.3 Å². The van der Waals surface area contributed by atoms with Gasteiger partial charge in [0.1, 0.15) is 11.5 Å². The zero-order chi connectivity index (χ0) is 20.2. The highest BCUT2D eigenvalue weighted by Crippen LogP contribution is 2.09. The Hall–Kier alpha value is -4.14. The van der Waals surface area contributed by atoms with Gasteiger partial charge in [0.05, 0.1) is 12.2 Å². The van der Waals surface area contributed by atoms with Gasteiger partial charge in [-0.15, -0.1) is 0 Å². The SMILES string of the molecule is O=C(Nc1ccn(Cc2ccncc2)n1)c1ccc(=O)n(-c2ccc(F)cc2)n1. The summed E-state index contributed by atoms with van der Waals surface area (Å²) in [6.45, 7) is 0.534. The van der Waals surface area contributed by atoms with E-state index in [-0.39, 0.29) is 5.69 Å². The lowest BCUT2D eigenvalue weighted by atomic mass is 10.3. The van der Waals surface area contributed by atoms with Gasteiger partial charge in [-0.3, -0.25) is 19.3 Å². The molecule has 0 fully saturated rings. The normalized spacial score (nSPS) is 10.7. The van der Waals surface area contributed by atoms with Crippen LogP contribution in [0.4, 0.5) is 10.2 Å². The summed E-state index contributed by atoms with van der Waals surface area (Å²) in [5, 5.41) is 11.0. The molecule has 0 unspecified atom stereocenters. The highest BCUT2D eigenvalue weighted by molar-refractivity contribution is 6.02. The summed E-state index contributed by atoms with van der Waals surface area (Å²) < 4.78 is 15.8. The third-order valence-electron chi connectivity index (χ3n) is 4.08. The smallest absolute Gasteiger partial charge is 0.277 e. The van der Waals surface area contributed by atoms with Crippen LogP contribution in [-0.4, -0.2) is 30.5 Å².